The van der Waals surface area contributed by atoms with E-state index in [4.69, 9.17) is 0 Å². The van der Waals surface area contributed by atoms with Gasteiger partial charge in [0.25, 0.3) is 0 Å². The van der Waals surface area contributed by atoms with E-state index < -0.39 is 0 Å². The van der Waals surface area contributed by atoms with Crippen molar-refractivity contribution in [3.63, 3.8) is 0 Å². The molecule has 122 valence electrons. The summed E-state index contributed by atoms with van der Waals surface area (Å²) in [6.07, 6.45) is 3.55. The highest BCUT2D eigenvalue weighted by atomic mass is 79.9. The molecule has 3 aromatic rings. The Kier molecular flexibility index (Phi) is 5.31. The fourth-order valence-electron chi connectivity index (χ4n) is 2.32. The summed E-state index contributed by atoms with van der Waals surface area (Å²) in [5, 5.41) is 0. The maximum Gasteiger partial charge on any atom is 0.164 e. The second-order valence-electron chi connectivity index (χ2n) is 5.29. The van der Waals surface area contributed by atoms with E-state index in [1.807, 2.05) is 66.7 Å². The molecule has 0 amide bonds. The zero-order valence-corrected chi connectivity index (χ0v) is 15.1. The van der Waals surface area contributed by atoms with Gasteiger partial charge in [0.15, 0.2) is 17.5 Å². The van der Waals surface area contributed by atoms with E-state index >= 15 is 0 Å². The first-order chi connectivity index (χ1) is 12.2. The van der Waals surface area contributed by atoms with E-state index in [9.17, 15) is 0 Å². The van der Waals surface area contributed by atoms with Gasteiger partial charge in [-0.25, -0.2) is 15.0 Å². The predicted molar refractivity (Wildman–Crippen MR) is 107 cm³/mol. The molecule has 0 fully saturated rings. The van der Waals surface area contributed by atoms with Crippen molar-refractivity contribution in [1.82, 2.24) is 15.0 Å². The van der Waals surface area contributed by atoms with Crippen molar-refractivity contribution in [2.24, 2.45) is 0 Å². The number of hydrogen-bond acceptors (Lipinski definition) is 3. The normalized spacial score (nSPS) is 11.2. The molecule has 0 spiro atoms. The van der Waals surface area contributed by atoms with Crippen LogP contribution in [0.4, 0.5) is 0 Å². The monoisotopic (exact) mass is 389 g/mol. The maximum absolute atomic E-state index is 4.65. The highest BCUT2D eigenvalue weighted by molar-refractivity contribution is 9.11. The summed E-state index contributed by atoms with van der Waals surface area (Å²) >= 11 is 3.35. The molecule has 0 radical (unpaired) electrons. The van der Waals surface area contributed by atoms with Crippen LogP contribution >= 0.6 is 15.9 Å². The molecule has 0 aliphatic rings. The Hall–Kier alpha value is -2.85. The lowest BCUT2D eigenvalue weighted by molar-refractivity contribution is 1.04. The van der Waals surface area contributed by atoms with Crippen molar-refractivity contribution in [2.75, 3.05) is 0 Å². The van der Waals surface area contributed by atoms with E-state index in [0.717, 1.165) is 21.2 Å². The van der Waals surface area contributed by atoms with Crippen LogP contribution in [-0.4, -0.2) is 15.0 Å². The number of benzene rings is 2. The molecule has 0 aliphatic heterocycles. The summed E-state index contributed by atoms with van der Waals surface area (Å²) in [6, 6.07) is 19.7. The van der Waals surface area contributed by atoms with Crippen LogP contribution in [0.15, 0.2) is 90.5 Å². The van der Waals surface area contributed by atoms with Crippen LogP contribution in [0.1, 0.15) is 5.82 Å². The molecular formula is C21H16BrN3. The summed E-state index contributed by atoms with van der Waals surface area (Å²) in [6.45, 7) is 7.72. The van der Waals surface area contributed by atoms with E-state index in [1.54, 1.807) is 6.08 Å². The average Bonchev–Trinajstić information content (AvgIpc) is 2.67. The summed E-state index contributed by atoms with van der Waals surface area (Å²) in [7, 11) is 0. The number of allylic oxidation sites excluding steroid dienone is 4. The van der Waals surface area contributed by atoms with Crippen LogP contribution in [0.5, 0.6) is 0 Å². The molecule has 3 nitrogen and oxygen atoms in total. The Morgan fingerprint density at radius 3 is 1.68 bits per heavy atom. The quantitative estimate of drug-likeness (QED) is 0.526. The molecule has 1 aromatic heterocycles. The first-order valence-electron chi connectivity index (χ1n) is 7.73. The molecule has 0 bridgehead atoms. The highest BCUT2D eigenvalue weighted by Crippen LogP contribution is 2.24. The van der Waals surface area contributed by atoms with Crippen molar-refractivity contribution in [2.45, 2.75) is 0 Å². The van der Waals surface area contributed by atoms with Gasteiger partial charge in [-0.2, -0.15) is 0 Å². The number of rotatable bonds is 5. The number of aromatic nitrogens is 3. The summed E-state index contributed by atoms with van der Waals surface area (Å²) in [5.74, 6) is 1.80. The first-order valence-corrected chi connectivity index (χ1v) is 8.52. The molecule has 4 heteroatoms. The summed E-state index contributed by atoms with van der Waals surface area (Å²) < 4.78 is 0.727. The molecular weight excluding hydrogens is 374 g/mol. The molecule has 0 N–H and O–H groups in total. The second kappa shape index (κ2) is 7.81. The van der Waals surface area contributed by atoms with Gasteiger partial charge in [-0.1, -0.05) is 95.8 Å². The fourth-order valence-corrected chi connectivity index (χ4v) is 2.57. The molecule has 2 aromatic carbocycles. The highest BCUT2D eigenvalue weighted by Gasteiger charge is 2.12. The topological polar surface area (TPSA) is 38.7 Å². The van der Waals surface area contributed by atoms with E-state index in [1.165, 1.54) is 0 Å². The molecule has 0 atom stereocenters. The number of nitrogens with zero attached hydrogens (tertiary/aromatic N) is 3. The van der Waals surface area contributed by atoms with Gasteiger partial charge in [0, 0.05) is 21.2 Å². The Bertz CT molecular complexity index is 874. The standard InChI is InChI=1S/C21H16BrN3/c1-3-16(14-15(2)22)19-23-20(17-10-6-4-7-11-17)25-21(24-19)18-12-8-5-9-13-18/h3-14H,1-2H2/b16-14+. The molecule has 0 aliphatic carbocycles. The van der Waals surface area contributed by atoms with Gasteiger partial charge in [0.2, 0.25) is 0 Å². The molecule has 0 unspecified atom stereocenters. The van der Waals surface area contributed by atoms with Gasteiger partial charge >= 0.3 is 0 Å². The van der Waals surface area contributed by atoms with E-state index in [2.05, 4.69) is 44.0 Å². The average molecular weight is 390 g/mol. The van der Waals surface area contributed by atoms with Crippen molar-refractivity contribution in [3.8, 4) is 22.8 Å². The summed E-state index contributed by atoms with van der Waals surface area (Å²) in [4.78, 5) is 13.9. The minimum absolute atomic E-state index is 0.559. The lowest BCUT2D eigenvalue weighted by Crippen LogP contribution is -2.02. The van der Waals surface area contributed by atoms with Crippen LogP contribution in [0.2, 0.25) is 0 Å². The third-order valence-corrected chi connectivity index (χ3v) is 3.72. The van der Waals surface area contributed by atoms with Gasteiger partial charge in [0.05, 0.1) is 0 Å². The number of hydrogen-bond donors (Lipinski definition) is 0. The molecule has 25 heavy (non-hydrogen) atoms. The lowest BCUT2D eigenvalue weighted by Gasteiger charge is -2.08. The molecule has 3 rings (SSSR count). The van der Waals surface area contributed by atoms with Crippen LogP contribution in [0.3, 0.4) is 0 Å². The minimum atomic E-state index is 0.559. The Labute approximate surface area is 155 Å². The minimum Gasteiger partial charge on any atom is -0.208 e. The third-order valence-electron chi connectivity index (χ3n) is 3.49. The maximum atomic E-state index is 4.65. The van der Waals surface area contributed by atoms with Crippen molar-refractivity contribution in [1.29, 1.82) is 0 Å². The van der Waals surface area contributed by atoms with Gasteiger partial charge < -0.3 is 0 Å². The van der Waals surface area contributed by atoms with Crippen LogP contribution in [0, 0.1) is 0 Å². The van der Waals surface area contributed by atoms with Gasteiger partial charge in [-0.15, -0.1) is 0 Å². The smallest absolute Gasteiger partial charge is 0.164 e. The molecule has 0 saturated carbocycles. The van der Waals surface area contributed by atoms with Crippen molar-refractivity contribution < 1.29 is 0 Å². The van der Waals surface area contributed by atoms with E-state index in [-0.39, 0.29) is 0 Å². The van der Waals surface area contributed by atoms with E-state index in [0.29, 0.717) is 17.5 Å². The van der Waals surface area contributed by atoms with Crippen LogP contribution < -0.4 is 0 Å². The number of halogens is 1. The Morgan fingerprint density at radius 1 is 0.800 bits per heavy atom. The summed E-state index contributed by atoms with van der Waals surface area (Å²) in [5.41, 5.74) is 2.65. The van der Waals surface area contributed by atoms with Crippen molar-refractivity contribution >= 4 is 21.5 Å². The third kappa shape index (κ3) is 4.17. The molecule has 0 saturated heterocycles. The first kappa shape index (κ1) is 17.0. The lowest BCUT2D eigenvalue weighted by atomic mass is 10.1. The SMILES string of the molecule is C=C/C(=C\C(=C)Br)c1nc(-c2ccccc2)nc(-c2ccccc2)n1. The van der Waals surface area contributed by atoms with Gasteiger partial charge in [0.1, 0.15) is 0 Å². The second-order valence-corrected chi connectivity index (χ2v) is 6.31. The zero-order chi connectivity index (χ0) is 17.6. The van der Waals surface area contributed by atoms with Crippen molar-refractivity contribution in [3.05, 3.63) is 96.3 Å². The van der Waals surface area contributed by atoms with Crippen LogP contribution in [0.25, 0.3) is 28.3 Å². The molecule has 1 heterocycles. The zero-order valence-electron chi connectivity index (χ0n) is 13.6. The van der Waals surface area contributed by atoms with Crippen LogP contribution in [-0.2, 0) is 0 Å². The van der Waals surface area contributed by atoms with Gasteiger partial charge in [-0.05, 0) is 6.08 Å². The largest absolute Gasteiger partial charge is 0.208 e. The predicted octanol–water partition coefficient (Wildman–Crippen LogP) is 5.68. The Morgan fingerprint density at radius 2 is 1.28 bits per heavy atom. The Balaban J connectivity index is 2.22. The fraction of sp³-hybridized carbons (Fsp3) is 0. The van der Waals surface area contributed by atoms with Gasteiger partial charge in [-0.3, -0.25) is 0 Å².